The molecule has 0 radical (unpaired) electrons. The molecular weight excluding hydrogens is 344 g/mol. The van der Waals surface area contributed by atoms with Crippen molar-refractivity contribution in [3.8, 4) is 0 Å². The number of fused-ring (bicyclic) bond motifs is 2. The van der Waals surface area contributed by atoms with Crippen LogP contribution in [-0.2, 0) is 19.0 Å². The van der Waals surface area contributed by atoms with Gasteiger partial charge in [0.15, 0.2) is 0 Å². The zero-order valence-corrected chi connectivity index (χ0v) is 16.7. The van der Waals surface area contributed by atoms with E-state index in [2.05, 4.69) is 27.7 Å². The number of rotatable bonds is 2. The summed E-state index contributed by atoms with van der Waals surface area (Å²) in [7, 11) is 0. The first kappa shape index (κ1) is 17.0. The molecule has 3 heterocycles. The molecule has 9 atom stereocenters. The second kappa shape index (κ2) is 4.80. The van der Waals surface area contributed by atoms with Crippen molar-refractivity contribution in [2.75, 3.05) is 6.61 Å². The predicted molar refractivity (Wildman–Crippen MR) is 96.8 cm³/mol. The Kier molecular flexibility index (Phi) is 3.02. The lowest BCUT2D eigenvalue weighted by atomic mass is 9.44. The highest BCUT2D eigenvalue weighted by Crippen LogP contribution is 2.80. The van der Waals surface area contributed by atoms with E-state index in [0.29, 0.717) is 18.4 Å². The fourth-order valence-electron chi connectivity index (χ4n) is 8.24. The Labute approximate surface area is 160 Å². The van der Waals surface area contributed by atoms with Crippen molar-refractivity contribution in [3.05, 3.63) is 11.1 Å². The van der Waals surface area contributed by atoms with E-state index in [1.54, 1.807) is 0 Å². The van der Waals surface area contributed by atoms with Crippen LogP contribution in [0.1, 0.15) is 53.4 Å². The van der Waals surface area contributed by atoms with Crippen molar-refractivity contribution in [2.24, 2.45) is 29.1 Å². The molecule has 6 aliphatic rings. The number of aliphatic hydroxyl groups is 1. The summed E-state index contributed by atoms with van der Waals surface area (Å²) in [5, 5.41) is 11.3. The number of esters is 1. The molecule has 9 unspecified atom stereocenters. The third kappa shape index (κ3) is 1.58. The smallest absolute Gasteiger partial charge is 0.334 e. The van der Waals surface area contributed by atoms with E-state index in [9.17, 15) is 9.90 Å². The fourth-order valence-corrected chi connectivity index (χ4v) is 8.24. The number of epoxide rings is 2. The number of cyclic esters (lactones) is 1. The Bertz CT molecular complexity index is 773. The van der Waals surface area contributed by atoms with Crippen LogP contribution in [0.3, 0.4) is 0 Å². The van der Waals surface area contributed by atoms with E-state index in [4.69, 9.17) is 14.2 Å². The van der Waals surface area contributed by atoms with Crippen LogP contribution in [0.2, 0.25) is 0 Å². The van der Waals surface area contributed by atoms with Crippen LogP contribution in [0, 0.1) is 29.1 Å². The van der Waals surface area contributed by atoms with Gasteiger partial charge in [0.05, 0.1) is 12.2 Å². The molecule has 1 N–H and O–H groups in total. The van der Waals surface area contributed by atoms with Gasteiger partial charge in [0.1, 0.15) is 23.9 Å². The SMILES string of the molecule is CCC1C(C(C)C)C(O)C2OC23C2(C)CCC4=C(COC4=O)C2CC2OC213. The van der Waals surface area contributed by atoms with Crippen molar-refractivity contribution in [3.63, 3.8) is 0 Å². The van der Waals surface area contributed by atoms with Gasteiger partial charge in [-0.1, -0.05) is 27.7 Å². The molecule has 2 saturated heterocycles. The van der Waals surface area contributed by atoms with E-state index in [1.807, 2.05) is 0 Å². The van der Waals surface area contributed by atoms with Gasteiger partial charge < -0.3 is 19.3 Å². The minimum Gasteiger partial charge on any atom is -0.458 e. The van der Waals surface area contributed by atoms with Crippen LogP contribution < -0.4 is 0 Å². The maximum Gasteiger partial charge on any atom is 0.334 e. The third-order valence-electron chi connectivity index (χ3n) is 9.30. The van der Waals surface area contributed by atoms with Crippen LogP contribution in [0.25, 0.3) is 0 Å². The van der Waals surface area contributed by atoms with Crippen molar-refractivity contribution < 1.29 is 24.1 Å². The van der Waals surface area contributed by atoms with E-state index in [-0.39, 0.29) is 41.0 Å². The topological polar surface area (TPSA) is 71.6 Å². The van der Waals surface area contributed by atoms with Crippen molar-refractivity contribution in [2.45, 2.75) is 82.9 Å². The quantitative estimate of drug-likeness (QED) is 0.594. The van der Waals surface area contributed by atoms with E-state index in [1.165, 1.54) is 5.57 Å². The molecule has 0 aromatic carbocycles. The standard InChI is InChI=1S/C22H30O5/c1-5-13-16(10(2)3)17(23)18-22(27-18)20(4)7-6-11-12(9-25-19(11)24)14(20)8-15-21(13,22)26-15/h10,13-18,23H,5-9H2,1-4H3. The summed E-state index contributed by atoms with van der Waals surface area (Å²) in [6.07, 6.45) is 3.26. The van der Waals surface area contributed by atoms with Gasteiger partial charge in [-0.25, -0.2) is 4.79 Å². The van der Waals surface area contributed by atoms with Crippen LogP contribution >= 0.6 is 0 Å². The molecule has 2 saturated carbocycles. The molecule has 27 heavy (non-hydrogen) atoms. The fraction of sp³-hybridized carbons (Fsp3) is 0.864. The Balaban J connectivity index is 1.49. The zero-order valence-electron chi connectivity index (χ0n) is 16.7. The van der Waals surface area contributed by atoms with Crippen LogP contribution in [-0.4, -0.2) is 47.2 Å². The van der Waals surface area contributed by atoms with Gasteiger partial charge in [-0.05, 0) is 54.9 Å². The van der Waals surface area contributed by atoms with Crippen LogP contribution in [0.4, 0.5) is 0 Å². The predicted octanol–water partition coefficient (Wildman–Crippen LogP) is 2.61. The lowest BCUT2D eigenvalue weighted by Gasteiger charge is -2.56. The lowest BCUT2D eigenvalue weighted by molar-refractivity contribution is -0.136. The minimum atomic E-state index is -0.433. The van der Waals surface area contributed by atoms with E-state index < -0.39 is 11.7 Å². The maximum absolute atomic E-state index is 12.1. The monoisotopic (exact) mass is 374 g/mol. The summed E-state index contributed by atoms with van der Waals surface area (Å²) in [6, 6.07) is 0. The summed E-state index contributed by atoms with van der Waals surface area (Å²) < 4.78 is 18.5. The molecule has 6 rings (SSSR count). The molecule has 2 spiro atoms. The number of carbonyl (C=O) groups excluding carboxylic acids is 1. The number of aliphatic hydroxyl groups excluding tert-OH is 1. The molecule has 3 aliphatic heterocycles. The molecule has 4 fully saturated rings. The number of hydrogen-bond acceptors (Lipinski definition) is 5. The first-order chi connectivity index (χ1) is 12.8. The number of carbonyl (C=O) groups is 1. The Hall–Kier alpha value is -0.910. The molecule has 0 aromatic heterocycles. The van der Waals surface area contributed by atoms with Crippen LogP contribution in [0.5, 0.6) is 0 Å². The van der Waals surface area contributed by atoms with Gasteiger partial charge in [-0.2, -0.15) is 0 Å². The summed E-state index contributed by atoms with van der Waals surface area (Å²) >= 11 is 0. The average molecular weight is 374 g/mol. The second-order valence-corrected chi connectivity index (χ2v) is 10.3. The normalized spacial score (nSPS) is 57.3. The lowest BCUT2D eigenvalue weighted by Crippen LogP contribution is -2.67. The molecule has 0 aromatic rings. The van der Waals surface area contributed by atoms with Gasteiger partial charge in [0.2, 0.25) is 0 Å². The summed E-state index contributed by atoms with van der Waals surface area (Å²) in [5.74, 6) is 1.08. The van der Waals surface area contributed by atoms with Gasteiger partial charge >= 0.3 is 5.97 Å². The molecule has 0 bridgehead atoms. The third-order valence-corrected chi connectivity index (χ3v) is 9.30. The van der Waals surface area contributed by atoms with Gasteiger partial charge in [0, 0.05) is 11.0 Å². The largest absolute Gasteiger partial charge is 0.458 e. The Morgan fingerprint density at radius 3 is 2.78 bits per heavy atom. The highest BCUT2D eigenvalue weighted by Gasteiger charge is 2.93. The molecule has 3 aliphatic carbocycles. The number of hydrogen-bond donors (Lipinski definition) is 1. The first-order valence-electron chi connectivity index (χ1n) is 10.8. The molecule has 5 nitrogen and oxygen atoms in total. The van der Waals surface area contributed by atoms with Gasteiger partial charge in [0.25, 0.3) is 0 Å². The highest BCUT2D eigenvalue weighted by molar-refractivity contribution is 5.92. The highest BCUT2D eigenvalue weighted by atomic mass is 16.7. The first-order valence-corrected chi connectivity index (χ1v) is 10.8. The summed E-state index contributed by atoms with van der Waals surface area (Å²) in [6.45, 7) is 9.43. The van der Waals surface area contributed by atoms with E-state index >= 15 is 0 Å². The Morgan fingerprint density at radius 2 is 2.07 bits per heavy atom. The maximum atomic E-state index is 12.1. The second-order valence-electron chi connectivity index (χ2n) is 10.3. The molecule has 0 amide bonds. The van der Waals surface area contributed by atoms with Gasteiger partial charge in [-0.15, -0.1) is 0 Å². The molecule has 148 valence electrons. The zero-order chi connectivity index (χ0) is 18.9. The minimum absolute atomic E-state index is 0.103. The average Bonchev–Trinajstić information content (AvgIpc) is 3.50. The van der Waals surface area contributed by atoms with Crippen molar-refractivity contribution in [1.29, 1.82) is 0 Å². The van der Waals surface area contributed by atoms with Crippen molar-refractivity contribution in [1.82, 2.24) is 0 Å². The van der Waals surface area contributed by atoms with Crippen LogP contribution in [0.15, 0.2) is 11.1 Å². The van der Waals surface area contributed by atoms with Gasteiger partial charge in [-0.3, -0.25) is 0 Å². The Morgan fingerprint density at radius 1 is 1.30 bits per heavy atom. The molecule has 5 heteroatoms. The summed E-state index contributed by atoms with van der Waals surface area (Å²) in [5.41, 5.74) is 1.35. The number of ether oxygens (including phenoxy) is 3. The molecular formula is C22H30O5. The summed E-state index contributed by atoms with van der Waals surface area (Å²) in [4.78, 5) is 12.1. The van der Waals surface area contributed by atoms with E-state index in [0.717, 1.165) is 31.3 Å². The van der Waals surface area contributed by atoms with Crippen molar-refractivity contribution >= 4 is 5.97 Å².